The molecule has 0 radical (unpaired) electrons. The van der Waals surface area contributed by atoms with E-state index in [-0.39, 0.29) is 5.56 Å². The average molecular weight is 206 g/mol. The minimum atomic E-state index is -1.01. The molecule has 4 nitrogen and oxygen atoms in total. The molecule has 78 valence electrons. The summed E-state index contributed by atoms with van der Waals surface area (Å²) in [4.78, 5) is 21.5. The molecule has 0 heterocycles. The van der Waals surface area contributed by atoms with E-state index in [4.69, 9.17) is 9.84 Å². The molecule has 0 aliphatic carbocycles. The van der Waals surface area contributed by atoms with Crippen LogP contribution in [0.15, 0.2) is 36.4 Å². The standard InChI is InChI=1S/C11H10O4/c1-2-3-10(12)15-9-6-4-8(5-7-9)11(13)14/h2-7H,1H3,(H,13,14)/b3-2+. The monoisotopic (exact) mass is 206 g/mol. The van der Waals surface area contributed by atoms with Gasteiger partial charge in [-0.2, -0.15) is 0 Å². The van der Waals surface area contributed by atoms with Crippen molar-refractivity contribution >= 4 is 11.9 Å². The highest BCUT2D eigenvalue weighted by molar-refractivity contribution is 5.88. The molecule has 0 unspecified atom stereocenters. The van der Waals surface area contributed by atoms with Gasteiger partial charge < -0.3 is 9.84 Å². The highest BCUT2D eigenvalue weighted by Crippen LogP contribution is 2.12. The molecule has 0 bridgehead atoms. The van der Waals surface area contributed by atoms with Gasteiger partial charge in [0.2, 0.25) is 0 Å². The largest absolute Gasteiger partial charge is 0.478 e. The maximum atomic E-state index is 11.0. The van der Waals surface area contributed by atoms with E-state index in [2.05, 4.69) is 0 Å². The van der Waals surface area contributed by atoms with E-state index >= 15 is 0 Å². The third-order valence-electron chi connectivity index (χ3n) is 1.62. The third kappa shape index (κ3) is 3.27. The fraction of sp³-hybridized carbons (Fsp3) is 0.0909. The summed E-state index contributed by atoms with van der Waals surface area (Å²) in [6, 6.07) is 5.62. The van der Waals surface area contributed by atoms with Gasteiger partial charge in [-0.3, -0.25) is 0 Å². The second kappa shape index (κ2) is 4.95. The molecule has 0 saturated heterocycles. The Morgan fingerprint density at radius 2 is 1.87 bits per heavy atom. The number of carbonyl (C=O) groups excluding carboxylic acids is 1. The maximum Gasteiger partial charge on any atom is 0.335 e. The molecule has 1 aromatic rings. The van der Waals surface area contributed by atoms with Crippen LogP contribution in [0.4, 0.5) is 0 Å². The summed E-state index contributed by atoms with van der Waals surface area (Å²) in [6.45, 7) is 1.70. The predicted molar refractivity (Wildman–Crippen MR) is 53.9 cm³/mol. The molecule has 0 aromatic heterocycles. The Morgan fingerprint density at radius 3 is 2.33 bits per heavy atom. The summed E-state index contributed by atoms with van der Waals surface area (Å²) in [7, 11) is 0. The molecular formula is C11H10O4. The van der Waals surface area contributed by atoms with Gasteiger partial charge in [-0.25, -0.2) is 9.59 Å². The molecule has 0 fully saturated rings. The van der Waals surface area contributed by atoms with E-state index < -0.39 is 11.9 Å². The third-order valence-corrected chi connectivity index (χ3v) is 1.62. The number of benzene rings is 1. The van der Waals surface area contributed by atoms with Crippen LogP contribution in [-0.4, -0.2) is 17.0 Å². The highest BCUT2D eigenvalue weighted by Gasteiger charge is 2.03. The number of allylic oxidation sites excluding steroid dienone is 1. The molecule has 0 amide bonds. The van der Waals surface area contributed by atoms with Crippen molar-refractivity contribution in [3.05, 3.63) is 42.0 Å². The Bertz CT molecular complexity index is 390. The van der Waals surface area contributed by atoms with Crippen molar-refractivity contribution in [1.82, 2.24) is 0 Å². The molecule has 0 aliphatic heterocycles. The van der Waals surface area contributed by atoms with Gasteiger partial charge in [0.15, 0.2) is 0 Å². The van der Waals surface area contributed by atoms with Gasteiger partial charge in [0.25, 0.3) is 0 Å². The molecule has 1 rings (SSSR count). The normalized spacial score (nSPS) is 10.2. The lowest BCUT2D eigenvalue weighted by atomic mass is 10.2. The number of rotatable bonds is 3. The summed E-state index contributed by atoms with van der Waals surface area (Å²) in [6.07, 6.45) is 2.85. The van der Waals surface area contributed by atoms with Crippen LogP contribution in [0.3, 0.4) is 0 Å². The van der Waals surface area contributed by atoms with Crippen LogP contribution >= 0.6 is 0 Å². The predicted octanol–water partition coefficient (Wildman–Crippen LogP) is 1.87. The Labute approximate surface area is 86.8 Å². The van der Waals surface area contributed by atoms with Gasteiger partial charge in [0.1, 0.15) is 5.75 Å². The summed E-state index contributed by atoms with van der Waals surface area (Å²) < 4.78 is 4.87. The van der Waals surface area contributed by atoms with Crippen molar-refractivity contribution in [2.75, 3.05) is 0 Å². The zero-order valence-electron chi connectivity index (χ0n) is 8.14. The van der Waals surface area contributed by atoms with Crippen LogP contribution < -0.4 is 4.74 Å². The lowest BCUT2D eigenvalue weighted by molar-refractivity contribution is -0.129. The molecule has 1 aromatic carbocycles. The molecule has 4 heteroatoms. The number of aromatic carboxylic acids is 1. The van der Waals surface area contributed by atoms with Crippen LogP contribution in [0.2, 0.25) is 0 Å². The zero-order chi connectivity index (χ0) is 11.3. The first-order chi connectivity index (χ1) is 7.13. The van der Waals surface area contributed by atoms with Crippen molar-refractivity contribution in [3.63, 3.8) is 0 Å². The minimum Gasteiger partial charge on any atom is -0.478 e. The molecule has 1 N–H and O–H groups in total. The Morgan fingerprint density at radius 1 is 1.27 bits per heavy atom. The summed E-state index contributed by atoms with van der Waals surface area (Å²) in [5.74, 6) is -1.18. The van der Waals surface area contributed by atoms with Crippen molar-refractivity contribution in [2.24, 2.45) is 0 Å². The van der Waals surface area contributed by atoms with Crippen LogP contribution in [-0.2, 0) is 4.79 Å². The number of carboxylic acids is 1. The molecule has 0 spiro atoms. The van der Waals surface area contributed by atoms with Crippen LogP contribution in [0, 0.1) is 0 Å². The molecule has 15 heavy (non-hydrogen) atoms. The summed E-state index contributed by atoms with van der Waals surface area (Å²) in [5.41, 5.74) is 0.154. The molecule has 0 atom stereocenters. The summed E-state index contributed by atoms with van der Waals surface area (Å²) in [5, 5.41) is 8.62. The van der Waals surface area contributed by atoms with Crippen molar-refractivity contribution in [2.45, 2.75) is 6.92 Å². The van der Waals surface area contributed by atoms with Gasteiger partial charge in [-0.15, -0.1) is 0 Å². The topological polar surface area (TPSA) is 63.6 Å². The lowest BCUT2D eigenvalue weighted by Gasteiger charge is -2.00. The maximum absolute atomic E-state index is 11.0. The molecule has 0 saturated carbocycles. The van der Waals surface area contributed by atoms with Crippen LogP contribution in [0.25, 0.3) is 0 Å². The van der Waals surface area contributed by atoms with Gasteiger partial charge in [0.05, 0.1) is 5.56 Å². The number of carbonyl (C=O) groups is 2. The number of ether oxygens (including phenoxy) is 1. The van der Waals surface area contributed by atoms with E-state index in [1.807, 2.05) is 0 Å². The molecular weight excluding hydrogens is 196 g/mol. The number of carboxylic acid groups (broad SMARTS) is 1. The second-order valence-electron chi connectivity index (χ2n) is 2.75. The first-order valence-corrected chi connectivity index (χ1v) is 4.31. The van der Waals surface area contributed by atoms with Crippen LogP contribution in [0.1, 0.15) is 17.3 Å². The lowest BCUT2D eigenvalue weighted by Crippen LogP contribution is -2.04. The number of hydrogen-bond acceptors (Lipinski definition) is 3. The second-order valence-corrected chi connectivity index (χ2v) is 2.75. The number of hydrogen-bond donors (Lipinski definition) is 1. The highest BCUT2D eigenvalue weighted by atomic mass is 16.5. The minimum absolute atomic E-state index is 0.154. The van der Waals surface area contributed by atoms with Crippen molar-refractivity contribution in [3.8, 4) is 5.75 Å². The van der Waals surface area contributed by atoms with E-state index in [9.17, 15) is 9.59 Å². The van der Waals surface area contributed by atoms with Gasteiger partial charge >= 0.3 is 11.9 Å². The van der Waals surface area contributed by atoms with Gasteiger partial charge in [0, 0.05) is 6.08 Å². The first kappa shape index (κ1) is 11.0. The first-order valence-electron chi connectivity index (χ1n) is 4.31. The number of esters is 1. The quantitative estimate of drug-likeness (QED) is 0.465. The van der Waals surface area contributed by atoms with Crippen molar-refractivity contribution < 1.29 is 19.4 Å². The van der Waals surface area contributed by atoms with Gasteiger partial charge in [-0.05, 0) is 31.2 Å². The Balaban J connectivity index is 2.72. The van der Waals surface area contributed by atoms with Gasteiger partial charge in [-0.1, -0.05) is 6.08 Å². The van der Waals surface area contributed by atoms with E-state index in [1.54, 1.807) is 13.0 Å². The van der Waals surface area contributed by atoms with E-state index in [0.29, 0.717) is 5.75 Å². The fourth-order valence-electron chi connectivity index (χ4n) is 0.952. The van der Waals surface area contributed by atoms with E-state index in [1.165, 1.54) is 30.3 Å². The fourth-order valence-corrected chi connectivity index (χ4v) is 0.952. The van der Waals surface area contributed by atoms with Crippen molar-refractivity contribution in [1.29, 1.82) is 0 Å². The van der Waals surface area contributed by atoms with E-state index in [0.717, 1.165) is 0 Å². The Hall–Kier alpha value is -2.10. The molecule has 0 aliphatic rings. The SMILES string of the molecule is C/C=C/C(=O)Oc1ccc(C(=O)O)cc1. The average Bonchev–Trinajstić information content (AvgIpc) is 2.18. The van der Waals surface area contributed by atoms with Crippen LogP contribution in [0.5, 0.6) is 5.75 Å². The smallest absolute Gasteiger partial charge is 0.335 e. The zero-order valence-corrected chi connectivity index (χ0v) is 8.14. The summed E-state index contributed by atoms with van der Waals surface area (Å²) >= 11 is 0. The Kier molecular flexibility index (Phi) is 3.62.